The maximum absolute atomic E-state index is 13.1. The molecule has 3 N–H and O–H groups in total. The lowest BCUT2D eigenvalue weighted by Crippen LogP contribution is -2.45. The van der Waals surface area contributed by atoms with E-state index in [-0.39, 0.29) is 17.8 Å². The number of aromatic nitrogens is 4. The lowest BCUT2D eigenvalue weighted by Gasteiger charge is -2.32. The minimum Gasteiger partial charge on any atom is -0.382 e. The van der Waals surface area contributed by atoms with Crippen LogP contribution >= 0.6 is 0 Å². The normalized spacial score (nSPS) is 19.0. The maximum Gasteiger partial charge on any atom is 0.416 e. The van der Waals surface area contributed by atoms with Crippen molar-refractivity contribution < 1.29 is 18.0 Å². The van der Waals surface area contributed by atoms with E-state index in [2.05, 4.69) is 37.1 Å². The van der Waals surface area contributed by atoms with Crippen LogP contribution < -0.4 is 16.0 Å². The molecule has 2 bridgehead atoms. The number of ketones is 1. The molecular formula is C28H27F3N8O. The first-order chi connectivity index (χ1) is 19.1. The molecule has 2 fully saturated rings. The number of likely N-dealkylation sites (tertiary alicyclic amines) is 1. The van der Waals surface area contributed by atoms with E-state index in [1.54, 1.807) is 12.1 Å². The molecule has 0 aliphatic carbocycles. The topological polar surface area (TPSA) is 113 Å². The molecule has 0 saturated carbocycles. The lowest BCUT2D eigenvalue weighted by atomic mass is 9.99. The molecule has 9 nitrogen and oxygen atoms in total. The summed E-state index contributed by atoms with van der Waals surface area (Å²) in [6, 6.07) is 10.7. The summed E-state index contributed by atoms with van der Waals surface area (Å²) in [6.45, 7) is 3.66. The molecule has 12 heteroatoms. The second-order valence-electron chi connectivity index (χ2n) is 10.4. The maximum atomic E-state index is 13.1. The summed E-state index contributed by atoms with van der Waals surface area (Å²) in [5, 5.41) is 3.30. The minimum absolute atomic E-state index is 0.00761. The predicted octanol–water partition coefficient (Wildman–Crippen LogP) is 4.39. The van der Waals surface area contributed by atoms with E-state index in [1.807, 2.05) is 13.0 Å². The fraction of sp³-hybridized carbons (Fsp3) is 0.321. The molecule has 2 aromatic heterocycles. The highest BCUT2D eigenvalue weighted by Crippen LogP contribution is 2.35. The van der Waals surface area contributed by atoms with Crippen LogP contribution in [0, 0.1) is 6.92 Å². The van der Waals surface area contributed by atoms with Gasteiger partial charge in [-0.2, -0.15) is 18.2 Å². The van der Waals surface area contributed by atoms with Crippen molar-refractivity contribution in [2.24, 2.45) is 0 Å². The van der Waals surface area contributed by atoms with Gasteiger partial charge in [-0.25, -0.2) is 15.0 Å². The summed E-state index contributed by atoms with van der Waals surface area (Å²) in [4.78, 5) is 35.4. The second-order valence-corrected chi connectivity index (χ2v) is 10.4. The Morgan fingerprint density at radius 2 is 1.90 bits per heavy atom. The largest absolute Gasteiger partial charge is 0.416 e. The Labute approximate surface area is 228 Å². The van der Waals surface area contributed by atoms with Crippen LogP contribution in [0.4, 0.5) is 36.4 Å². The lowest BCUT2D eigenvalue weighted by molar-refractivity contribution is -0.137. The molecule has 4 aromatic rings. The Kier molecular flexibility index (Phi) is 6.29. The number of aryl methyl sites for hydroxylation is 1. The van der Waals surface area contributed by atoms with Crippen LogP contribution in [0.25, 0.3) is 11.0 Å². The Morgan fingerprint density at radius 1 is 1.07 bits per heavy atom. The number of alkyl halides is 3. The standard InChI is InChI=1S/C28H27F3N8O/c1-15-6-7-16(9-22(40)17-4-3-5-18(10-17)28(29,30)31)8-21(15)35-26-24-23(33-14-34-26)25(32)37-27(36-24)39-13-19-11-20(39)12-38(19)2/h3-8,10,14,19-20H,9,11-13H2,1-2H3,(H2,32,36,37)(H,33,34,35). The first-order valence-electron chi connectivity index (χ1n) is 12.9. The Hall–Kier alpha value is -4.32. The summed E-state index contributed by atoms with van der Waals surface area (Å²) in [6.07, 6.45) is -2.15. The summed E-state index contributed by atoms with van der Waals surface area (Å²) in [5.74, 6) is 0.828. The number of rotatable bonds is 6. The van der Waals surface area contributed by atoms with Gasteiger partial charge in [-0.05, 0) is 49.7 Å². The first kappa shape index (κ1) is 25.9. The molecule has 2 aliphatic heterocycles. The molecule has 2 atom stereocenters. The zero-order valence-corrected chi connectivity index (χ0v) is 21.9. The smallest absolute Gasteiger partial charge is 0.382 e. The van der Waals surface area contributed by atoms with Crippen LogP contribution in [-0.2, 0) is 12.6 Å². The van der Waals surface area contributed by atoms with Crippen molar-refractivity contribution in [2.75, 3.05) is 36.1 Å². The summed E-state index contributed by atoms with van der Waals surface area (Å²) in [5.41, 5.74) is 8.55. The zero-order valence-electron chi connectivity index (χ0n) is 21.9. The van der Waals surface area contributed by atoms with Crippen LogP contribution in [0.2, 0.25) is 0 Å². The average molecular weight is 549 g/mol. The average Bonchev–Trinajstić information content (AvgIpc) is 3.50. The van der Waals surface area contributed by atoms with Gasteiger partial charge in [0.25, 0.3) is 0 Å². The third-order valence-electron chi connectivity index (χ3n) is 7.70. The minimum atomic E-state index is -4.52. The molecule has 2 saturated heterocycles. The van der Waals surface area contributed by atoms with Crippen molar-refractivity contribution in [1.29, 1.82) is 0 Å². The number of piperazine rings is 1. The van der Waals surface area contributed by atoms with Gasteiger partial charge in [0.05, 0.1) is 5.56 Å². The van der Waals surface area contributed by atoms with Gasteiger partial charge in [0.2, 0.25) is 5.95 Å². The SMILES string of the molecule is Cc1ccc(CC(=O)c2cccc(C(F)(F)F)c2)cc1Nc1ncnc2c(N)nc(N3CC4CC3CN4C)nc12. The Bertz CT molecular complexity index is 1620. The number of nitrogens with two attached hydrogens (primary N) is 1. The monoisotopic (exact) mass is 548 g/mol. The van der Waals surface area contributed by atoms with E-state index in [4.69, 9.17) is 10.7 Å². The van der Waals surface area contributed by atoms with Crippen LogP contribution in [-0.4, -0.2) is 62.8 Å². The van der Waals surface area contributed by atoms with Crippen molar-refractivity contribution >= 4 is 40.1 Å². The summed E-state index contributed by atoms with van der Waals surface area (Å²) >= 11 is 0. The van der Waals surface area contributed by atoms with Gasteiger partial charge in [0.15, 0.2) is 17.4 Å². The molecule has 2 aliphatic rings. The molecule has 2 unspecified atom stereocenters. The van der Waals surface area contributed by atoms with Gasteiger partial charge >= 0.3 is 6.18 Å². The van der Waals surface area contributed by atoms with Crippen LogP contribution in [0.15, 0.2) is 48.8 Å². The van der Waals surface area contributed by atoms with Gasteiger partial charge in [-0.15, -0.1) is 0 Å². The molecule has 6 rings (SSSR count). The first-order valence-corrected chi connectivity index (χ1v) is 12.9. The van der Waals surface area contributed by atoms with Gasteiger partial charge in [-0.3, -0.25) is 9.69 Å². The number of likely N-dealkylation sites (N-methyl/N-ethyl adjacent to an activating group) is 1. The fourth-order valence-corrected chi connectivity index (χ4v) is 5.49. The summed E-state index contributed by atoms with van der Waals surface area (Å²) < 4.78 is 39.3. The van der Waals surface area contributed by atoms with E-state index >= 15 is 0 Å². The fourth-order valence-electron chi connectivity index (χ4n) is 5.49. The molecule has 4 heterocycles. The number of Topliss-reactive ketones (excluding diaryl/α,β-unsaturated/α-hetero) is 1. The molecule has 206 valence electrons. The Morgan fingerprint density at radius 3 is 2.62 bits per heavy atom. The number of benzene rings is 2. The van der Waals surface area contributed by atoms with Crippen LogP contribution in [0.3, 0.4) is 0 Å². The van der Waals surface area contributed by atoms with E-state index in [0.717, 1.165) is 37.2 Å². The molecule has 0 spiro atoms. The van der Waals surface area contributed by atoms with Crippen molar-refractivity contribution in [3.63, 3.8) is 0 Å². The van der Waals surface area contributed by atoms with E-state index in [1.165, 1.54) is 18.5 Å². The van der Waals surface area contributed by atoms with E-state index < -0.39 is 17.5 Å². The number of nitrogens with one attached hydrogen (secondary N) is 1. The number of halogens is 3. The number of carbonyl (C=O) groups is 1. The van der Waals surface area contributed by atoms with Crippen LogP contribution in [0.1, 0.15) is 33.5 Å². The molecular weight excluding hydrogens is 521 g/mol. The van der Waals surface area contributed by atoms with Crippen molar-refractivity contribution in [3.05, 3.63) is 71.0 Å². The van der Waals surface area contributed by atoms with Gasteiger partial charge < -0.3 is 16.0 Å². The highest BCUT2D eigenvalue weighted by Gasteiger charge is 2.42. The quantitative estimate of drug-likeness (QED) is 0.339. The number of hydrogen-bond acceptors (Lipinski definition) is 9. The van der Waals surface area contributed by atoms with E-state index in [0.29, 0.717) is 46.1 Å². The second kappa shape index (κ2) is 9.70. The predicted molar refractivity (Wildman–Crippen MR) is 146 cm³/mol. The van der Waals surface area contributed by atoms with Gasteiger partial charge in [0, 0.05) is 42.8 Å². The van der Waals surface area contributed by atoms with Gasteiger partial charge in [0.1, 0.15) is 17.4 Å². The van der Waals surface area contributed by atoms with Crippen molar-refractivity contribution in [2.45, 2.75) is 38.0 Å². The van der Waals surface area contributed by atoms with Crippen molar-refractivity contribution in [3.8, 4) is 0 Å². The third-order valence-corrected chi connectivity index (χ3v) is 7.70. The summed E-state index contributed by atoms with van der Waals surface area (Å²) in [7, 11) is 2.12. The van der Waals surface area contributed by atoms with E-state index in [9.17, 15) is 18.0 Å². The number of fused-ring (bicyclic) bond motifs is 3. The number of nitrogens with zero attached hydrogens (tertiary/aromatic N) is 6. The Balaban J connectivity index is 1.28. The highest BCUT2D eigenvalue weighted by molar-refractivity contribution is 5.98. The number of carbonyl (C=O) groups excluding carboxylic acids is 1. The third kappa shape index (κ3) is 4.79. The van der Waals surface area contributed by atoms with Crippen LogP contribution in [0.5, 0.6) is 0 Å². The van der Waals surface area contributed by atoms with Crippen molar-refractivity contribution in [1.82, 2.24) is 24.8 Å². The number of nitrogen functional groups attached to an aromatic ring is 1. The molecule has 40 heavy (non-hydrogen) atoms. The molecule has 2 aromatic carbocycles. The zero-order chi connectivity index (χ0) is 28.2. The molecule has 0 amide bonds. The van der Waals surface area contributed by atoms with Gasteiger partial charge in [-0.1, -0.05) is 24.3 Å². The number of anilines is 4. The number of hydrogen-bond donors (Lipinski definition) is 2. The highest BCUT2D eigenvalue weighted by atomic mass is 19.4. The molecule has 0 radical (unpaired) electrons.